The van der Waals surface area contributed by atoms with Crippen molar-refractivity contribution in [3.05, 3.63) is 28.3 Å². The molecule has 2 bridgehead atoms. The van der Waals surface area contributed by atoms with Crippen molar-refractivity contribution in [3.8, 4) is 0 Å². The van der Waals surface area contributed by atoms with E-state index in [4.69, 9.17) is 22.1 Å². The quantitative estimate of drug-likeness (QED) is 0.786. The van der Waals surface area contributed by atoms with Gasteiger partial charge in [-0.3, -0.25) is 9.59 Å². The van der Waals surface area contributed by atoms with Crippen LogP contribution in [0.5, 0.6) is 0 Å². The van der Waals surface area contributed by atoms with E-state index in [1.54, 1.807) is 12.1 Å². The molecule has 1 saturated carbocycles. The third kappa shape index (κ3) is 2.95. The fourth-order valence-electron chi connectivity index (χ4n) is 4.14. The maximum Gasteiger partial charge on any atom is 0.256 e. The number of rotatable bonds is 4. The molecule has 2 unspecified atom stereocenters. The minimum absolute atomic E-state index is 0.0120. The molecule has 3 fully saturated rings. The van der Waals surface area contributed by atoms with Gasteiger partial charge in [-0.2, -0.15) is 0 Å². The third-order valence-corrected chi connectivity index (χ3v) is 6.18. The van der Waals surface area contributed by atoms with E-state index in [-0.39, 0.29) is 23.8 Å². The lowest BCUT2D eigenvalue weighted by Crippen LogP contribution is -2.50. The topological polar surface area (TPSA) is 84.7 Å². The predicted molar refractivity (Wildman–Crippen MR) is 99.0 cm³/mol. The number of carbonyl (C=O) groups excluding carboxylic acids is 2. The second-order valence-corrected chi connectivity index (χ2v) is 8.44. The van der Waals surface area contributed by atoms with E-state index in [9.17, 15) is 9.59 Å². The zero-order valence-corrected chi connectivity index (χ0v) is 15.8. The van der Waals surface area contributed by atoms with Gasteiger partial charge in [0, 0.05) is 29.6 Å². The maximum atomic E-state index is 13.0. The Morgan fingerprint density at radius 3 is 2.88 bits per heavy atom. The molecular weight excluding hydrogens is 354 g/mol. The number of nitrogens with one attached hydrogen (secondary N) is 1. The molecule has 0 radical (unpaired) electrons. The molecule has 2 saturated heterocycles. The molecule has 1 aromatic rings. The summed E-state index contributed by atoms with van der Waals surface area (Å²) < 4.78 is 5.94. The van der Waals surface area contributed by atoms with Crippen LogP contribution in [-0.4, -0.2) is 48.1 Å². The highest BCUT2D eigenvalue weighted by Crippen LogP contribution is 2.40. The molecule has 1 aromatic carbocycles. The normalized spacial score (nSPS) is 32.0. The number of nitrogens with two attached hydrogens (primary N) is 1. The Labute approximate surface area is 158 Å². The second kappa shape index (κ2) is 6.13. The van der Waals surface area contributed by atoms with Gasteiger partial charge in [-0.15, -0.1) is 0 Å². The standard InChI is InChI=1S/C19H24ClN3O3/c1-10-4-14(10)17(24)22-8-19-6-13(7-26-19)23(9-19)18(25)15-5-12(20)3-11(2)16(15)21/h3,5,10,13-14H,4,6-9,21H2,1-2H3,(H,22,24)/t10-,13?,14-,19?/m0/s1. The molecule has 140 valence electrons. The highest BCUT2D eigenvalue weighted by molar-refractivity contribution is 6.31. The molecule has 0 aromatic heterocycles. The van der Waals surface area contributed by atoms with Gasteiger partial charge in [-0.1, -0.05) is 18.5 Å². The Morgan fingerprint density at radius 2 is 2.19 bits per heavy atom. The third-order valence-electron chi connectivity index (χ3n) is 5.96. The summed E-state index contributed by atoms with van der Waals surface area (Å²) in [6.07, 6.45) is 1.69. The number of morpholine rings is 1. The first-order chi connectivity index (χ1) is 12.3. The summed E-state index contributed by atoms with van der Waals surface area (Å²) in [5.41, 5.74) is 7.32. The Bertz CT molecular complexity index is 784. The van der Waals surface area contributed by atoms with Crippen LogP contribution in [0.2, 0.25) is 5.02 Å². The first-order valence-electron chi connectivity index (χ1n) is 9.08. The van der Waals surface area contributed by atoms with Crippen molar-refractivity contribution in [1.29, 1.82) is 0 Å². The van der Waals surface area contributed by atoms with Crippen LogP contribution in [-0.2, 0) is 9.53 Å². The van der Waals surface area contributed by atoms with E-state index in [0.29, 0.717) is 41.9 Å². The van der Waals surface area contributed by atoms with Crippen LogP contribution in [0.15, 0.2) is 12.1 Å². The van der Waals surface area contributed by atoms with E-state index < -0.39 is 5.60 Å². The predicted octanol–water partition coefficient (Wildman–Crippen LogP) is 1.99. The molecule has 4 rings (SSSR count). The lowest BCUT2D eigenvalue weighted by Gasteiger charge is -2.33. The average Bonchev–Trinajstić information content (AvgIpc) is 3.05. The lowest BCUT2D eigenvalue weighted by atomic mass is 10.0. The summed E-state index contributed by atoms with van der Waals surface area (Å²) in [5, 5.41) is 3.52. The molecule has 3 aliphatic rings. The van der Waals surface area contributed by atoms with Crippen molar-refractivity contribution in [3.63, 3.8) is 0 Å². The summed E-state index contributed by atoms with van der Waals surface area (Å²) in [6, 6.07) is 3.39. The highest BCUT2D eigenvalue weighted by atomic mass is 35.5. The maximum absolute atomic E-state index is 13.0. The van der Waals surface area contributed by atoms with Crippen LogP contribution in [0.4, 0.5) is 5.69 Å². The number of benzene rings is 1. The van der Waals surface area contributed by atoms with Crippen LogP contribution in [0.3, 0.4) is 0 Å². The molecule has 0 spiro atoms. The van der Waals surface area contributed by atoms with Gasteiger partial charge in [0.05, 0.1) is 24.8 Å². The van der Waals surface area contributed by atoms with E-state index in [2.05, 4.69) is 12.2 Å². The number of nitrogens with zero attached hydrogens (tertiary/aromatic N) is 1. The number of anilines is 1. The SMILES string of the molecule is Cc1cc(Cl)cc(C(=O)N2CC3(CNC(=O)[C@H]4C[C@@H]4C)CC2CO3)c1N. The van der Waals surface area contributed by atoms with Crippen LogP contribution in [0.1, 0.15) is 35.7 Å². The Hall–Kier alpha value is -1.79. The van der Waals surface area contributed by atoms with E-state index in [1.807, 2.05) is 11.8 Å². The van der Waals surface area contributed by atoms with Gasteiger partial charge in [-0.05, 0) is 37.0 Å². The van der Waals surface area contributed by atoms with E-state index >= 15 is 0 Å². The Morgan fingerprint density at radius 1 is 1.46 bits per heavy atom. The van der Waals surface area contributed by atoms with Crippen molar-refractivity contribution in [2.24, 2.45) is 11.8 Å². The van der Waals surface area contributed by atoms with Gasteiger partial charge in [0.15, 0.2) is 0 Å². The summed E-state index contributed by atoms with van der Waals surface area (Å²) >= 11 is 6.11. The number of hydrogen-bond acceptors (Lipinski definition) is 4. The van der Waals surface area contributed by atoms with Crippen LogP contribution in [0, 0.1) is 18.8 Å². The lowest BCUT2D eigenvalue weighted by molar-refractivity contribution is -0.124. The zero-order chi connectivity index (χ0) is 18.6. The Balaban J connectivity index is 1.46. The molecule has 2 aliphatic heterocycles. The van der Waals surface area contributed by atoms with Gasteiger partial charge in [0.25, 0.3) is 5.91 Å². The summed E-state index contributed by atoms with van der Waals surface area (Å²) in [4.78, 5) is 27.0. The molecule has 3 N–H and O–H groups in total. The minimum atomic E-state index is -0.490. The van der Waals surface area contributed by atoms with Crippen molar-refractivity contribution < 1.29 is 14.3 Å². The second-order valence-electron chi connectivity index (χ2n) is 8.01. The number of likely N-dealkylation sites (tertiary alicyclic amines) is 1. The molecule has 26 heavy (non-hydrogen) atoms. The number of amides is 2. The van der Waals surface area contributed by atoms with Gasteiger partial charge < -0.3 is 20.7 Å². The average molecular weight is 378 g/mol. The molecule has 2 amide bonds. The summed E-state index contributed by atoms with van der Waals surface area (Å²) in [5.74, 6) is 0.584. The zero-order valence-electron chi connectivity index (χ0n) is 15.0. The van der Waals surface area contributed by atoms with Crippen LogP contribution >= 0.6 is 11.6 Å². The van der Waals surface area contributed by atoms with Crippen LogP contribution in [0.25, 0.3) is 0 Å². The van der Waals surface area contributed by atoms with Crippen molar-refractivity contribution >= 4 is 29.1 Å². The molecular formula is C19H24ClN3O3. The number of nitrogen functional groups attached to an aromatic ring is 1. The monoisotopic (exact) mass is 377 g/mol. The number of aryl methyl sites for hydroxylation is 1. The van der Waals surface area contributed by atoms with Gasteiger partial charge in [0.1, 0.15) is 5.60 Å². The van der Waals surface area contributed by atoms with Crippen molar-refractivity contribution in [2.45, 2.75) is 38.3 Å². The molecule has 6 nitrogen and oxygen atoms in total. The van der Waals surface area contributed by atoms with Crippen LogP contribution < -0.4 is 11.1 Å². The fraction of sp³-hybridized carbons (Fsp3) is 0.579. The smallest absolute Gasteiger partial charge is 0.256 e. The molecule has 4 atom stereocenters. The number of halogens is 1. The van der Waals surface area contributed by atoms with Gasteiger partial charge >= 0.3 is 0 Å². The molecule has 7 heteroatoms. The number of hydrogen-bond donors (Lipinski definition) is 2. The fourth-order valence-corrected chi connectivity index (χ4v) is 4.41. The largest absolute Gasteiger partial charge is 0.398 e. The van der Waals surface area contributed by atoms with Gasteiger partial charge in [0.2, 0.25) is 5.91 Å². The van der Waals surface area contributed by atoms with Crippen molar-refractivity contribution in [2.75, 3.05) is 25.4 Å². The summed E-state index contributed by atoms with van der Waals surface area (Å²) in [7, 11) is 0. The first-order valence-corrected chi connectivity index (χ1v) is 9.46. The molecule has 2 heterocycles. The van der Waals surface area contributed by atoms with Gasteiger partial charge in [-0.25, -0.2) is 0 Å². The minimum Gasteiger partial charge on any atom is -0.398 e. The number of ether oxygens (including phenoxy) is 1. The van der Waals surface area contributed by atoms with E-state index in [1.165, 1.54) is 0 Å². The highest BCUT2D eigenvalue weighted by Gasteiger charge is 2.53. The number of carbonyl (C=O) groups is 2. The first kappa shape index (κ1) is 17.6. The summed E-state index contributed by atoms with van der Waals surface area (Å²) in [6.45, 7) is 5.31. The molecule has 1 aliphatic carbocycles. The Kier molecular flexibility index (Phi) is 4.15. The number of fused-ring (bicyclic) bond motifs is 2. The van der Waals surface area contributed by atoms with E-state index in [0.717, 1.165) is 18.4 Å². The van der Waals surface area contributed by atoms with Crippen molar-refractivity contribution in [1.82, 2.24) is 10.2 Å².